The molecule has 0 radical (unpaired) electrons. The Kier molecular flexibility index (Phi) is 4.18. The van der Waals surface area contributed by atoms with Crippen LogP contribution in [0.4, 0.5) is 5.69 Å². The molecular formula is C18H15BrClN. The average Bonchev–Trinajstić information content (AvgIpc) is 2.49. The second-order valence-electron chi connectivity index (χ2n) is 5.06. The molecule has 0 spiro atoms. The van der Waals surface area contributed by atoms with Crippen LogP contribution in [0.5, 0.6) is 0 Å². The van der Waals surface area contributed by atoms with Gasteiger partial charge in [0, 0.05) is 21.2 Å². The lowest BCUT2D eigenvalue weighted by Crippen LogP contribution is -2.07. The van der Waals surface area contributed by atoms with Crippen molar-refractivity contribution in [3.8, 4) is 0 Å². The molecule has 1 nitrogen and oxygen atoms in total. The molecule has 21 heavy (non-hydrogen) atoms. The predicted octanol–water partition coefficient (Wildman–Crippen LogP) is 6.43. The third kappa shape index (κ3) is 3.07. The fourth-order valence-electron chi connectivity index (χ4n) is 2.55. The molecule has 0 bridgehead atoms. The van der Waals surface area contributed by atoms with E-state index in [1.54, 1.807) is 0 Å². The van der Waals surface area contributed by atoms with Gasteiger partial charge >= 0.3 is 0 Å². The van der Waals surface area contributed by atoms with Crippen LogP contribution in [0.3, 0.4) is 0 Å². The molecule has 1 atom stereocenters. The highest BCUT2D eigenvalue weighted by Crippen LogP contribution is 2.31. The Morgan fingerprint density at radius 3 is 2.57 bits per heavy atom. The lowest BCUT2D eigenvalue weighted by molar-refractivity contribution is 0.893. The average molecular weight is 361 g/mol. The Hall–Kier alpha value is -1.51. The first kappa shape index (κ1) is 14.4. The normalized spacial score (nSPS) is 12.3. The Labute approximate surface area is 138 Å². The SMILES string of the molecule is CC(Nc1ccc(Cl)cc1Br)c1cccc2ccccc12. The highest BCUT2D eigenvalue weighted by Gasteiger charge is 2.10. The summed E-state index contributed by atoms with van der Waals surface area (Å²) in [5.74, 6) is 0. The molecule has 3 heteroatoms. The molecule has 1 N–H and O–H groups in total. The van der Waals surface area contributed by atoms with Crippen molar-refractivity contribution in [1.82, 2.24) is 0 Å². The first-order chi connectivity index (χ1) is 10.1. The van der Waals surface area contributed by atoms with Gasteiger partial charge in [0.25, 0.3) is 0 Å². The highest BCUT2D eigenvalue weighted by molar-refractivity contribution is 9.10. The van der Waals surface area contributed by atoms with Gasteiger partial charge in [-0.15, -0.1) is 0 Å². The van der Waals surface area contributed by atoms with E-state index < -0.39 is 0 Å². The molecule has 0 fully saturated rings. The third-order valence-corrected chi connectivity index (χ3v) is 4.48. The van der Waals surface area contributed by atoms with Gasteiger partial charge in [-0.25, -0.2) is 0 Å². The molecule has 0 aliphatic carbocycles. The Morgan fingerprint density at radius 1 is 1.00 bits per heavy atom. The van der Waals surface area contributed by atoms with E-state index in [4.69, 9.17) is 11.6 Å². The molecule has 106 valence electrons. The molecule has 0 saturated heterocycles. The quantitative estimate of drug-likeness (QED) is 0.567. The minimum Gasteiger partial charge on any atom is -0.378 e. The van der Waals surface area contributed by atoms with Gasteiger partial charge in [-0.2, -0.15) is 0 Å². The summed E-state index contributed by atoms with van der Waals surface area (Å²) < 4.78 is 0.974. The first-order valence-corrected chi connectivity index (χ1v) is 8.01. The summed E-state index contributed by atoms with van der Waals surface area (Å²) in [6.07, 6.45) is 0. The largest absolute Gasteiger partial charge is 0.378 e. The zero-order valence-corrected chi connectivity index (χ0v) is 13.9. The maximum absolute atomic E-state index is 5.99. The van der Waals surface area contributed by atoms with E-state index in [2.05, 4.69) is 70.6 Å². The molecule has 0 amide bonds. The van der Waals surface area contributed by atoms with Crippen molar-refractivity contribution in [2.45, 2.75) is 13.0 Å². The van der Waals surface area contributed by atoms with E-state index in [1.165, 1.54) is 16.3 Å². The van der Waals surface area contributed by atoms with Gasteiger partial charge in [0.15, 0.2) is 0 Å². The summed E-state index contributed by atoms with van der Waals surface area (Å²) in [4.78, 5) is 0. The highest BCUT2D eigenvalue weighted by atomic mass is 79.9. The van der Waals surface area contributed by atoms with Crippen LogP contribution in [-0.4, -0.2) is 0 Å². The molecule has 0 saturated carbocycles. The van der Waals surface area contributed by atoms with Crippen molar-refractivity contribution in [3.63, 3.8) is 0 Å². The molecule has 3 aromatic carbocycles. The van der Waals surface area contributed by atoms with E-state index in [1.807, 2.05) is 18.2 Å². The molecule has 1 unspecified atom stereocenters. The summed E-state index contributed by atoms with van der Waals surface area (Å²) in [5.41, 5.74) is 2.33. The third-order valence-electron chi connectivity index (χ3n) is 3.59. The summed E-state index contributed by atoms with van der Waals surface area (Å²) >= 11 is 9.54. The first-order valence-electron chi connectivity index (χ1n) is 6.84. The summed E-state index contributed by atoms with van der Waals surface area (Å²) in [6, 6.07) is 20.9. The van der Waals surface area contributed by atoms with E-state index in [0.29, 0.717) is 0 Å². The van der Waals surface area contributed by atoms with Gasteiger partial charge in [-0.3, -0.25) is 0 Å². The van der Waals surface area contributed by atoms with Crippen molar-refractivity contribution in [2.75, 3.05) is 5.32 Å². The number of benzene rings is 3. The Bertz CT molecular complexity index is 780. The second-order valence-corrected chi connectivity index (χ2v) is 6.35. The number of nitrogens with one attached hydrogen (secondary N) is 1. The molecule has 3 rings (SSSR count). The summed E-state index contributed by atoms with van der Waals surface area (Å²) in [7, 11) is 0. The number of rotatable bonds is 3. The molecule has 0 aromatic heterocycles. The van der Waals surface area contributed by atoms with E-state index >= 15 is 0 Å². The maximum Gasteiger partial charge on any atom is 0.0492 e. The number of anilines is 1. The summed E-state index contributed by atoms with van der Waals surface area (Å²) in [6.45, 7) is 2.17. The predicted molar refractivity (Wildman–Crippen MR) is 95.1 cm³/mol. The van der Waals surface area contributed by atoms with Crippen LogP contribution in [0.25, 0.3) is 10.8 Å². The van der Waals surface area contributed by atoms with Crippen LogP contribution >= 0.6 is 27.5 Å². The van der Waals surface area contributed by atoms with E-state index in [-0.39, 0.29) is 6.04 Å². The molecular weight excluding hydrogens is 346 g/mol. The van der Waals surface area contributed by atoms with Crippen molar-refractivity contribution in [1.29, 1.82) is 0 Å². The van der Waals surface area contributed by atoms with E-state index in [9.17, 15) is 0 Å². The molecule has 0 heterocycles. The topological polar surface area (TPSA) is 12.0 Å². The summed E-state index contributed by atoms with van der Waals surface area (Å²) in [5, 5.41) is 6.81. The van der Waals surface area contributed by atoms with Gasteiger partial charge in [0.2, 0.25) is 0 Å². The monoisotopic (exact) mass is 359 g/mol. The standard InChI is InChI=1S/C18H15BrClN/c1-12(21-18-10-9-14(20)11-17(18)19)15-8-4-6-13-5-2-3-7-16(13)15/h2-12,21H,1H3. The van der Waals surface area contributed by atoms with Crippen LogP contribution in [0, 0.1) is 0 Å². The molecule has 0 aliphatic heterocycles. The molecule has 0 aliphatic rings. The second kappa shape index (κ2) is 6.08. The molecule has 3 aromatic rings. The lowest BCUT2D eigenvalue weighted by atomic mass is 9.99. The van der Waals surface area contributed by atoms with Gasteiger partial charge in [-0.1, -0.05) is 54.1 Å². The number of hydrogen-bond acceptors (Lipinski definition) is 1. The maximum atomic E-state index is 5.99. The minimum absolute atomic E-state index is 0.202. The van der Waals surface area contributed by atoms with Gasteiger partial charge in [0.1, 0.15) is 0 Å². The van der Waals surface area contributed by atoms with Crippen LogP contribution in [0.1, 0.15) is 18.5 Å². The number of hydrogen-bond donors (Lipinski definition) is 1. The Morgan fingerprint density at radius 2 is 1.76 bits per heavy atom. The lowest BCUT2D eigenvalue weighted by Gasteiger charge is -2.19. The van der Waals surface area contributed by atoms with E-state index in [0.717, 1.165) is 15.2 Å². The zero-order chi connectivity index (χ0) is 14.8. The number of halogens is 2. The van der Waals surface area contributed by atoms with Crippen molar-refractivity contribution in [2.24, 2.45) is 0 Å². The van der Waals surface area contributed by atoms with Gasteiger partial charge < -0.3 is 5.32 Å². The van der Waals surface area contributed by atoms with Crippen molar-refractivity contribution >= 4 is 44.0 Å². The fraction of sp³-hybridized carbons (Fsp3) is 0.111. The van der Waals surface area contributed by atoms with Crippen molar-refractivity contribution in [3.05, 3.63) is 75.7 Å². The Balaban J connectivity index is 1.95. The van der Waals surface area contributed by atoms with Crippen molar-refractivity contribution < 1.29 is 0 Å². The van der Waals surface area contributed by atoms with Crippen LogP contribution < -0.4 is 5.32 Å². The fourth-order valence-corrected chi connectivity index (χ4v) is 3.34. The van der Waals surface area contributed by atoms with Crippen LogP contribution in [0.2, 0.25) is 5.02 Å². The minimum atomic E-state index is 0.202. The zero-order valence-electron chi connectivity index (χ0n) is 11.6. The van der Waals surface area contributed by atoms with Crippen LogP contribution in [-0.2, 0) is 0 Å². The van der Waals surface area contributed by atoms with Crippen LogP contribution in [0.15, 0.2) is 65.1 Å². The van der Waals surface area contributed by atoms with Gasteiger partial charge in [-0.05, 0) is 57.4 Å². The smallest absolute Gasteiger partial charge is 0.0492 e. The number of fused-ring (bicyclic) bond motifs is 1. The van der Waals surface area contributed by atoms with Gasteiger partial charge in [0.05, 0.1) is 0 Å².